The molecule has 2 N–H and O–H groups in total. The second-order valence-corrected chi connectivity index (χ2v) is 2.94. The number of aldehydes is 1. The molecule has 0 aromatic heterocycles. The summed E-state index contributed by atoms with van der Waals surface area (Å²) in [5, 5.41) is 17.9. The second kappa shape index (κ2) is 4.97. The van der Waals surface area contributed by atoms with E-state index in [2.05, 4.69) is 0 Å². The predicted molar refractivity (Wildman–Crippen MR) is 56.7 cm³/mol. The number of methoxy groups -OCH3 is 1. The Hall–Kier alpha value is -2.30. The molecule has 0 heterocycles. The topological polar surface area (TPSA) is 83.8 Å². The molecule has 0 saturated carbocycles. The van der Waals surface area contributed by atoms with Gasteiger partial charge in [-0.1, -0.05) is 0 Å². The van der Waals surface area contributed by atoms with Crippen molar-refractivity contribution in [3.8, 4) is 11.5 Å². The maximum atomic E-state index is 10.7. The summed E-state index contributed by atoms with van der Waals surface area (Å²) in [6, 6.07) is 2.60. The number of benzene rings is 1. The van der Waals surface area contributed by atoms with Crippen LogP contribution in [-0.2, 0) is 4.79 Å². The van der Waals surface area contributed by atoms with E-state index in [1.165, 1.54) is 25.3 Å². The second-order valence-electron chi connectivity index (χ2n) is 2.94. The van der Waals surface area contributed by atoms with Crippen molar-refractivity contribution in [2.75, 3.05) is 7.11 Å². The van der Waals surface area contributed by atoms with Gasteiger partial charge in [0.1, 0.15) is 0 Å². The molecule has 1 aromatic rings. The zero-order valence-corrected chi connectivity index (χ0v) is 8.51. The fraction of sp³-hybridized carbons (Fsp3) is 0.0909. The smallest absolute Gasteiger partial charge is 0.328 e. The van der Waals surface area contributed by atoms with E-state index < -0.39 is 5.97 Å². The summed E-state index contributed by atoms with van der Waals surface area (Å²) in [7, 11) is 1.36. The quantitative estimate of drug-likeness (QED) is 0.592. The highest BCUT2D eigenvalue weighted by molar-refractivity contribution is 5.89. The Morgan fingerprint density at radius 3 is 2.56 bits per heavy atom. The molecule has 84 valence electrons. The molecule has 0 fully saturated rings. The Morgan fingerprint density at radius 1 is 1.38 bits per heavy atom. The van der Waals surface area contributed by atoms with E-state index in [0.717, 1.165) is 6.08 Å². The van der Waals surface area contributed by atoms with Crippen LogP contribution in [0.5, 0.6) is 11.5 Å². The van der Waals surface area contributed by atoms with Gasteiger partial charge in [0.05, 0.1) is 7.11 Å². The van der Waals surface area contributed by atoms with Gasteiger partial charge in [-0.2, -0.15) is 0 Å². The highest BCUT2D eigenvalue weighted by atomic mass is 16.5. The van der Waals surface area contributed by atoms with Crippen LogP contribution in [0.15, 0.2) is 18.2 Å². The third-order valence-corrected chi connectivity index (χ3v) is 1.92. The Bertz CT molecular complexity index is 448. The molecule has 0 radical (unpaired) electrons. The molecule has 0 aliphatic rings. The minimum atomic E-state index is -1.12. The van der Waals surface area contributed by atoms with Crippen LogP contribution in [0.25, 0.3) is 6.08 Å². The average molecular weight is 222 g/mol. The first kappa shape index (κ1) is 11.8. The van der Waals surface area contributed by atoms with E-state index in [-0.39, 0.29) is 17.1 Å². The van der Waals surface area contributed by atoms with E-state index in [1.54, 1.807) is 0 Å². The van der Waals surface area contributed by atoms with Crippen molar-refractivity contribution in [3.63, 3.8) is 0 Å². The zero-order valence-electron chi connectivity index (χ0n) is 8.51. The summed E-state index contributed by atoms with van der Waals surface area (Å²) in [6.45, 7) is 0. The van der Waals surface area contributed by atoms with Crippen molar-refractivity contribution in [2.45, 2.75) is 0 Å². The summed E-state index contributed by atoms with van der Waals surface area (Å²) in [5.74, 6) is -1.11. The first-order valence-corrected chi connectivity index (χ1v) is 4.35. The average Bonchev–Trinajstić information content (AvgIpc) is 2.26. The fourth-order valence-corrected chi connectivity index (χ4v) is 1.17. The maximum absolute atomic E-state index is 10.7. The molecule has 0 atom stereocenters. The molecule has 0 spiro atoms. The molecular formula is C11H10O5. The number of aliphatic carboxylic acids is 1. The van der Waals surface area contributed by atoms with Gasteiger partial charge in [-0.25, -0.2) is 4.79 Å². The van der Waals surface area contributed by atoms with Gasteiger partial charge < -0.3 is 14.9 Å². The van der Waals surface area contributed by atoms with E-state index in [9.17, 15) is 14.7 Å². The first-order chi connectivity index (χ1) is 7.58. The van der Waals surface area contributed by atoms with Crippen LogP contribution in [0, 0.1) is 0 Å². The van der Waals surface area contributed by atoms with Crippen molar-refractivity contribution in [1.82, 2.24) is 0 Å². The number of rotatable bonds is 4. The molecule has 1 rings (SSSR count). The number of hydrogen-bond acceptors (Lipinski definition) is 4. The number of phenols is 1. The van der Waals surface area contributed by atoms with Crippen LogP contribution in [0.1, 0.15) is 15.9 Å². The maximum Gasteiger partial charge on any atom is 0.328 e. The van der Waals surface area contributed by atoms with Gasteiger partial charge >= 0.3 is 5.97 Å². The van der Waals surface area contributed by atoms with Gasteiger partial charge in [0.2, 0.25) is 0 Å². The van der Waals surface area contributed by atoms with Gasteiger partial charge in [0.15, 0.2) is 17.8 Å². The molecule has 5 nitrogen and oxygen atoms in total. The number of hydrogen-bond donors (Lipinski definition) is 2. The van der Waals surface area contributed by atoms with Crippen molar-refractivity contribution >= 4 is 18.3 Å². The monoisotopic (exact) mass is 222 g/mol. The van der Waals surface area contributed by atoms with Crippen molar-refractivity contribution in [3.05, 3.63) is 29.3 Å². The largest absolute Gasteiger partial charge is 0.504 e. The van der Waals surface area contributed by atoms with E-state index in [4.69, 9.17) is 9.84 Å². The lowest BCUT2D eigenvalue weighted by Crippen LogP contribution is -1.92. The number of aromatic hydroxyl groups is 1. The molecular weight excluding hydrogens is 212 g/mol. The summed E-state index contributed by atoms with van der Waals surface area (Å²) in [6.07, 6.45) is 2.69. The molecule has 0 unspecified atom stereocenters. The summed E-state index contributed by atoms with van der Waals surface area (Å²) in [4.78, 5) is 21.0. The lowest BCUT2D eigenvalue weighted by molar-refractivity contribution is -0.131. The van der Waals surface area contributed by atoms with Crippen molar-refractivity contribution in [1.29, 1.82) is 0 Å². The van der Waals surface area contributed by atoms with Crippen LogP contribution in [0.4, 0.5) is 0 Å². The number of carboxylic acid groups (broad SMARTS) is 1. The Labute approximate surface area is 91.6 Å². The summed E-state index contributed by atoms with van der Waals surface area (Å²) in [5.41, 5.74) is 0.558. The van der Waals surface area contributed by atoms with Crippen LogP contribution in [0.2, 0.25) is 0 Å². The highest BCUT2D eigenvalue weighted by Gasteiger charge is 2.07. The SMILES string of the molecule is COc1cc(C=CC(=O)O)c(C=O)cc1O. The molecule has 0 saturated heterocycles. The molecule has 0 aliphatic heterocycles. The van der Waals surface area contributed by atoms with Gasteiger partial charge in [-0.05, 0) is 23.8 Å². The lowest BCUT2D eigenvalue weighted by Gasteiger charge is -2.06. The molecule has 0 aliphatic carbocycles. The number of carboxylic acids is 1. The van der Waals surface area contributed by atoms with Crippen LogP contribution >= 0.6 is 0 Å². The van der Waals surface area contributed by atoms with Crippen LogP contribution < -0.4 is 4.74 Å². The van der Waals surface area contributed by atoms with Gasteiger partial charge in [0.25, 0.3) is 0 Å². The number of phenolic OH excluding ortho intramolecular Hbond substituents is 1. The molecule has 0 bridgehead atoms. The van der Waals surface area contributed by atoms with Gasteiger partial charge in [-0.15, -0.1) is 0 Å². The summed E-state index contributed by atoms with van der Waals surface area (Å²) >= 11 is 0. The highest BCUT2D eigenvalue weighted by Crippen LogP contribution is 2.29. The third-order valence-electron chi connectivity index (χ3n) is 1.92. The molecule has 0 amide bonds. The van der Waals surface area contributed by atoms with Crippen LogP contribution in [0.3, 0.4) is 0 Å². The molecule has 5 heteroatoms. The Morgan fingerprint density at radius 2 is 2.06 bits per heavy atom. The van der Waals surface area contributed by atoms with Crippen LogP contribution in [-0.4, -0.2) is 29.6 Å². The van der Waals surface area contributed by atoms with Crippen molar-refractivity contribution < 1.29 is 24.5 Å². The van der Waals surface area contributed by atoms with Gasteiger partial charge in [0, 0.05) is 11.6 Å². The fourth-order valence-electron chi connectivity index (χ4n) is 1.17. The predicted octanol–water partition coefficient (Wildman–Crippen LogP) is 1.31. The molecule has 1 aromatic carbocycles. The minimum absolute atomic E-state index is 0.169. The standard InChI is InChI=1S/C11H10O5/c1-16-10-5-7(2-3-11(14)15)8(6-12)4-9(10)13/h2-6,13H,1H3,(H,14,15). The Kier molecular flexibility index (Phi) is 3.66. The Balaban J connectivity index is 3.24. The number of ether oxygens (including phenoxy) is 1. The van der Waals surface area contributed by atoms with Crippen molar-refractivity contribution in [2.24, 2.45) is 0 Å². The summed E-state index contributed by atoms with van der Waals surface area (Å²) < 4.78 is 4.84. The van der Waals surface area contributed by atoms with E-state index in [1.807, 2.05) is 0 Å². The normalized spacial score (nSPS) is 10.3. The van der Waals surface area contributed by atoms with E-state index in [0.29, 0.717) is 11.8 Å². The molecule has 16 heavy (non-hydrogen) atoms. The first-order valence-electron chi connectivity index (χ1n) is 4.35. The lowest BCUT2D eigenvalue weighted by atomic mass is 10.1. The number of carbonyl (C=O) groups is 2. The number of carbonyl (C=O) groups excluding carboxylic acids is 1. The van der Waals surface area contributed by atoms with Gasteiger partial charge in [-0.3, -0.25) is 4.79 Å². The minimum Gasteiger partial charge on any atom is -0.504 e. The third kappa shape index (κ3) is 2.60. The van der Waals surface area contributed by atoms with E-state index >= 15 is 0 Å². The zero-order chi connectivity index (χ0) is 12.1.